The molecule has 3 rings (SSSR count). The molecule has 2 heterocycles. The van der Waals surface area contributed by atoms with Crippen LogP contribution in [-0.4, -0.2) is 40.5 Å². The second-order valence-corrected chi connectivity index (χ2v) is 6.77. The molecule has 0 aliphatic heterocycles. The lowest BCUT2D eigenvalue weighted by molar-refractivity contribution is -0.140. The summed E-state index contributed by atoms with van der Waals surface area (Å²) in [6.07, 6.45) is -2.04. The molecule has 0 atom stereocenters. The molecular formula is C19H20ClF3N6O2. The van der Waals surface area contributed by atoms with Crippen LogP contribution >= 0.6 is 11.6 Å². The highest BCUT2D eigenvalue weighted by molar-refractivity contribution is 6.28. The number of alkyl halides is 3. The van der Waals surface area contributed by atoms with Gasteiger partial charge in [0.25, 0.3) is 0 Å². The summed E-state index contributed by atoms with van der Waals surface area (Å²) in [6, 6.07) is 5.02. The maximum Gasteiger partial charge on any atom is 0.434 e. The Hall–Kier alpha value is -3.05. The zero-order chi connectivity index (χ0) is 22.6. The number of nitrogens with one attached hydrogen (secondary N) is 2. The Bertz CT molecular complexity index is 1060. The van der Waals surface area contributed by atoms with Crippen LogP contribution < -0.4 is 15.4 Å². The summed E-state index contributed by atoms with van der Waals surface area (Å²) < 4.78 is 51.0. The van der Waals surface area contributed by atoms with Gasteiger partial charge in [0.2, 0.25) is 5.28 Å². The zero-order valence-electron chi connectivity index (χ0n) is 16.9. The van der Waals surface area contributed by atoms with Crippen LogP contribution in [0.5, 0.6) is 5.75 Å². The fraction of sp³-hybridized carbons (Fsp3) is 0.316. The topological polar surface area (TPSA) is 86.1 Å². The quantitative estimate of drug-likeness (QED) is 0.388. The first-order valence-corrected chi connectivity index (χ1v) is 9.40. The molecule has 0 bridgehead atoms. The summed E-state index contributed by atoms with van der Waals surface area (Å²) in [5.41, 5.74) is 0.875. The van der Waals surface area contributed by atoms with Gasteiger partial charge in [-0.1, -0.05) is 12.1 Å². The Balaban J connectivity index is 1.90. The lowest BCUT2D eigenvalue weighted by atomic mass is 10.1. The largest absolute Gasteiger partial charge is 0.467 e. The Morgan fingerprint density at radius 1 is 1.23 bits per heavy atom. The molecule has 0 saturated heterocycles. The van der Waals surface area contributed by atoms with Gasteiger partial charge in [0.05, 0.1) is 11.9 Å². The van der Waals surface area contributed by atoms with E-state index < -0.39 is 11.9 Å². The number of nitrogens with zero attached hydrogens (tertiary/aromatic N) is 4. The number of hydrogen-bond acceptors (Lipinski definition) is 7. The van der Waals surface area contributed by atoms with Crippen molar-refractivity contribution in [3.8, 4) is 17.1 Å². The van der Waals surface area contributed by atoms with E-state index in [-0.39, 0.29) is 17.9 Å². The maximum absolute atomic E-state index is 13.0. The zero-order valence-corrected chi connectivity index (χ0v) is 17.7. The van der Waals surface area contributed by atoms with Crippen molar-refractivity contribution in [2.45, 2.75) is 12.7 Å². The number of rotatable bonds is 8. The fourth-order valence-corrected chi connectivity index (χ4v) is 2.96. The van der Waals surface area contributed by atoms with E-state index >= 15 is 0 Å². The highest BCUT2D eigenvalue weighted by Crippen LogP contribution is 2.33. The first kappa shape index (κ1) is 22.6. The van der Waals surface area contributed by atoms with Crippen LogP contribution in [-0.2, 0) is 24.5 Å². The molecule has 31 heavy (non-hydrogen) atoms. The van der Waals surface area contributed by atoms with Gasteiger partial charge >= 0.3 is 6.18 Å². The summed E-state index contributed by atoms with van der Waals surface area (Å²) in [5, 5.41) is 6.19. The molecule has 2 aromatic heterocycles. The van der Waals surface area contributed by atoms with Crippen LogP contribution in [0.25, 0.3) is 11.4 Å². The molecular weight excluding hydrogens is 437 g/mol. The van der Waals surface area contributed by atoms with Crippen LogP contribution in [0, 0.1) is 0 Å². The number of benzene rings is 1. The van der Waals surface area contributed by atoms with E-state index in [0.717, 1.165) is 11.8 Å². The van der Waals surface area contributed by atoms with Crippen molar-refractivity contribution in [2.24, 2.45) is 7.05 Å². The minimum absolute atomic E-state index is 0.0358. The first-order valence-electron chi connectivity index (χ1n) is 9.02. The van der Waals surface area contributed by atoms with E-state index in [1.54, 1.807) is 31.4 Å². The summed E-state index contributed by atoms with van der Waals surface area (Å²) in [5.74, 6) is 1.08. The second kappa shape index (κ2) is 9.40. The van der Waals surface area contributed by atoms with Gasteiger partial charge in [-0.2, -0.15) is 18.2 Å². The molecule has 166 valence electrons. The third-order valence-electron chi connectivity index (χ3n) is 4.30. The van der Waals surface area contributed by atoms with Crippen molar-refractivity contribution in [1.29, 1.82) is 0 Å². The van der Waals surface area contributed by atoms with Crippen LogP contribution in [0.3, 0.4) is 0 Å². The molecule has 0 saturated carbocycles. The number of methoxy groups -OCH3 is 1. The minimum Gasteiger partial charge on any atom is -0.467 e. The van der Waals surface area contributed by atoms with Crippen molar-refractivity contribution in [2.75, 3.05) is 31.6 Å². The Morgan fingerprint density at radius 2 is 2.00 bits per heavy atom. The standard InChI is InChI=1S/C19H20ClF3N6O2/c1-24-13-8-26-18(20)28-16(13)25-7-12-5-4-11(6-14(12)31-10-30-3)17-27-15(9-29(17)2)19(21,22)23/h4-6,8-9,24H,7,10H2,1-3H3,(H,25,26,28). The van der Waals surface area contributed by atoms with Crippen molar-refractivity contribution in [1.82, 2.24) is 19.5 Å². The lowest BCUT2D eigenvalue weighted by Gasteiger charge is -2.15. The molecule has 1 aromatic carbocycles. The van der Waals surface area contributed by atoms with Crippen LogP contribution in [0.2, 0.25) is 5.28 Å². The van der Waals surface area contributed by atoms with Crippen LogP contribution in [0.15, 0.2) is 30.6 Å². The van der Waals surface area contributed by atoms with Crippen LogP contribution in [0.1, 0.15) is 11.3 Å². The van der Waals surface area contributed by atoms with Gasteiger partial charge in [0.1, 0.15) is 11.6 Å². The van der Waals surface area contributed by atoms with Gasteiger partial charge in [-0.3, -0.25) is 0 Å². The smallest absolute Gasteiger partial charge is 0.434 e. The third-order valence-corrected chi connectivity index (χ3v) is 4.48. The van der Waals surface area contributed by atoms with Gasteiger partial charge in [-0.25, -0.2) is 9.97 Å². The Labute approximate surface area is 181 Å². The molecule has 0 aliphatic carbocycles. The van der Waals surface area contributed by atoms with Gasteiger partial charge in [-0.05, 0) is 17.7 Å². The van der Waals surface area contributed by atoms with E-state index in [0.29, 0.717) is 29.4 Å². The molecule has 0 spiro atoms. The van der Waals surface area contributed by atoms with E-state index in [1.165, 1.54) is 18.7 Å². The average molecular weight is 457 g/mol. The number of aromatic nitrogens is 4. The van der Waals surface area contributed by atoms with E-state index in [9.17, 15) is 13.2 Å². The predicted octanol–water partition coefficient (Wildman–Crippen LogP) is 4.19. The molecule has 0 radical (unpaired) electrons. The number of anilines is 2. The van der Waals surface area contributed by atoms with Crippen LogP contribution in [0.4, 0.5) is 24.7 Å². The maximum atomic E-state index is 13.0. The van der Waals surface area contributed by atoms with Crippen molar-refractivity contribution in [3.63, 3.8) is 0 Å². The number of aryl methyl sites for hydroxylation is 1. The number of imidazole rings is 1. The normalized spacial score (nSPS) is 11.5. The molecule has 8 nitrogen and oxygen atoms in total. The highest BCUT2D eigenvalue weighted by atomic mass is 35.5. The molecule has 2 N–H and O–H groups in total. The SMILES string of the molecule is CNc1cnc(Cl)nc1NCc1ccc(-c2nc(C(F)(F)F)cn2C)cc1OCOC. The van der Waals surface area contributed by atoms with Gasteiger partial charge in [-0.15, -0.1) is 0 Å². The van der Waals surface area contributed by atoms with Crippen molar-refractivity contribution < 1.29 is 22.6 Å². The summed E-state index contributed by atoms with van der Waals surface area (Å²) in [4.78, 5) is 11.8. The minimum atomic E-state index is -4.53. The second-order valence-electron chi connectivity index (χ2n) is 6.44. The highest BCUT2D eigenvalue weighted by Gasteiger charge is 2.34. The third kappa shape index (κ3) is 5.36. The van der Waals surface area contributed by atoms with Gasteiger partial charge < -0.3 is 24.7 Å². The number of ether oxygens (including phenoxy) is 2. The average Bonchev–Trinajstić information content (AvgIpc) is 3.13. The number of halogens is 4. The first-order chi connectivity index (χ1) is 14.7. The Kier molecular flexibility index (Phi) is 6.86. The Morgan fingerprint density at radius 3 is 2.65 bits per heavy atom. The summed E-state index contributed by atoms with van der Waals surface area (Å²) in [6.45, 7) is 0.266. The molecule has 0 fully saturated rings. The van der Waals surface area contributed by atoms with E-state index in [1.807, 2.05) is 0 Å². The van der Waals surface area contributed by atoms with Crippen molar-refractivity contribution >= 4 is 23.1 Å². The lowest BCUT2D eigenvalue weighted by Crippen LogP contribution is -2.08. The fourth-order valence-electron chi connectivity index (χ4n) is 2.82. The van der Waals surface area contributed by atoms with E-state index in [2.05, 4.69) is 25.6 Å². The molecule has 3 aromatic rings. The summed E-state index contributed by atoms with van der Waals surface area (Å²) >= 11 is 5.87. The van der Waals surface area contributed by atoms with Gasteiger partial charge in [0, 0.05) is 45.1 Å². The monoisotopic (exact) mass is 456 g/mol. The van der Waals surface area contributed by atoms with Crippen molar-refractivity contribution in [3.05, 3.63) is 47.1 Å². The molecule has 0 amide bonds. The molecule has 0 unspecified atom stereocenters. The van der Waals surface area contributed by atoms with Gasteiger partial charge in [0.15, 0.2) is 18.3 Å². The summed E-state index contributed by atoms with van der Waals surface area (Å²) in [7, 11) is 4.70. The molecule has 0 aliphatic rings. The predicted molar refractivity (Wildman–Crippen MR) is 110 cm³/mol. The van der Waals surface area contributed by atoms with E-state index in [4.69, 9.17) is 21.1 Å². The molecule has 12 heteroatoms. The number of hydrogen-bond donors (Lipinski definition) is 2.